The van der Waals surface area contributed by atoms with Gasteiger partial charge < -0.3 is 21.5 Å². The molecule has 0 spiro atoms. The van der Waals surface area contributed by atoms with Gasteiger partial charge in [0.1, 0.15) is 22.6 Å². The molecule has 33 heavy (non-hydrogen) atoms. The van der Waals surface area contributed by atoms with Crippen molar-refractivity contribution in [3.63, 3.8) is 0 Å². The van der Waals surface area contributed by atoms with Crippen molar-refractivity contribution >= 4 is 33.6 Å². The van der Waals surface area contributed by atoms with Gasteiger partial charge >= 0.3 is 5.97 Å². The standard InChI is InChI=1S/C20H22FN5O6S/c21-14-3-1-2-4-16(14)33(31,32)26-15(20(29)30)11-25-17(27)9-10-24-19(28)13-7-5-12(6-8-13)18(22)23/h1-8,15,26H,9-11H2,(H3,22,23)(H,24,28)(H,25,27)(H,29,30). The van der Waals surface area contributed by atoms with Gasteiger partial charge in [0, 0.05) is 30.6 Å². The van der Waals surface area contributed by atoms with Crippen molar-refractivity contribution < 1.29 is 32.3 Å². The Morgan fingerprint density at radius 1 is 1.03 bits per heavy atom. The van der Waals surface area contributed by atoms with E-state index in [1.807, 2.05) is 4.72 Å². The van der Waals surface area contributed by atoms with Crippen molar-refractivity contribution in [3.8, 4) is 0 Å². The molecule has 0 saturated heterocycles. The van der Waals surface area contributed by atoms with Gasteiger partial charge in [0.25, 0.3) is 5.91 Å². The molecule has 0 heterocycles. The highest BCUT2D eigenvalue weighted by atomic mass is 32.2. The van der Waals surface area contributed by atoms with Crippen molar-refractivity contribution in [3.05, 3.63) is 65.5 Å². The van der Waals surface area contributed by atoms with Gasteiger partial charge in [-0.15, -0.1) is 0 Å². The largest absolute Gasteiger partial charge is 0.480 e. The number of hydrogen-bond donors (Lipinski definition) is 6. The molecule has 13 heteroatoms. The first kappa shape index (κ1) is 25.4. The summed E-state index contributed by atoms with van der Waals surface area (Å²) >= 11 is 0. The second-order valence-electron chi connectivity index (χ2n) is 6.74. The smallest absolute Gasteiger partial charge is 0.323 e. The molecule has 0 aliphatic rings. The van der Waals surface area contributed by atoms with Crippen molar-refractivity contribution in [1.29, 1.82) is 5.41 Å². The Balaban J connectivity index is 1.85. The maximum Gasteiger partial charge on any atom is 0.323 e. The maximum atomic E-state index is 13.7. The highest BCUT2D eigenvalue weighted by Crippen LogP contribution is 2.13. The van der Waals surface area contributed by atoms with Gasteiger partial charge in [-0.3, -0.25) is 19.8 Å². The van der Waals surface area contributed by atoms with Crippen molar-refractivity contribution in [1.82, 2.24) is 15.4 Å². The summed E-state index contributed by atoms with van der Waals surface area (Å²) in [4.78, 5) is 34.7. The average molecular weight is 479 g/mol. The number of rotatable bonds is 11. The quantitative estimate of drug-likeness (QED) is 0.189. The second-order valence-corrected chi connectivity index (χ2v) is 8.43. The van der Waals surface area contributed by atoms with Gasteiger partial charge in [0.05, 0.1) is 0 Å². The van der Waals surface area contributed by atoms with Crippen LogP contribution in [0.4, 0.5) is 4.39 Å². The van der Waals surface area contributed by atoms with Crippen LogP contribution in [0.25, 0.3) is 0 Å². The summed E-state index contributed by atoms with van der Waals surface area (Å²) in [6.07, 6.45) is -0.205. The van der Waals surface area contributed by atoms with E-state index in [4.69, 9.17) is 11.1 Å². The number of nitrogens with one attached hydrogen (secondary N) is 4. The molecule has 0 aliphatic heterocycles. The third-order valence-electron chi connectivity index (χ3n) is 4.32. The van der Waals surface area contributed by atoms with Crippen LogP contribution in [0.1, 0.15) is 22.3 Å². The molecule has 0 fully saturated rings. The van der Waals surface area contributed by atoms with Crippen LogP contribution in [0.15, 0.2) is 53.4 Å². The van der Waals surface area contributed by atoms with E-state index in [0.29, 0.717) is 5.56 Å². The minimum absolute atomic E-state index is 0.0716. The fourth-order valence-electron chi connectivity index (χ4n) is 2.59. The number of hydrogen-bond acceptors (Lipinski definition) is 6. The SMILES string of the molecule is N=C(N)c1ccc(C(=O)NCCC(=O)NCC(NS(=O)(=O)c2ccccc2F)C(=O)O)cc1. The maximum absolute atomic E-state index is 13.7. The second kappa shape index (κ2) is 11.2. The molecule has 1 atom stereocenters. The molecular weight excluding hydrogens is 457 g/mol. The Hall–Kier alpha value is -3.84. The number of aliphatic carboxylic acids is 1. The molecule has 0 aromatic heterocycles. The highest BCUT2D eigenvalue weighted by molar-refractivity contribution is 7.89. The van der Waals surface area contributed by atoms with Crippen LogP contribution < -0.4 is 21.1 Å². The number of amidine groups is 1. The first-order valence-electron chi connectivity index (χ1n) is 9.50. The first-order valence-corrected chi connectivity index (χ1v) is 11.0. The van der Waals surface area contributed by atoms with Gasteiger partial charge in [-0.05, 0) is 24.3 Å². The summed E-state index contributed by atoms with van der Waals surface area (Å²) in [6.45, 7) is -0.667. The number of nitrogen functional groups attached to an aromatic ring is 1. The van der Waals surface area contributed by atoms with Crippen molar-refractivity contribution in [2.24, 2.45) is 5.73 Å². The minimum Gasteiger partial charge on any atom is -0.480 e. The lowest BCUT2D eigenvalue weighted by molar-refractivity contribution is -0.138. The van der Waals surface area contributed by atoms with E-state index in [1.54, 1.807) is 0 Å². The summed E-state index contributed by atoms with van der Waals surface area (Å²) in [6, 6.07) is 8.63. The van der Waals surface area contributed by atoms with Crippen LogP contribution in [0.3, 0.4) is 0 Å². The first-order chi connectivity index (χ1) is 15.5. The van der Waals surface area contributed by atoms with Crippen molar-refractivity contribution in [2.45, 2.75) is 17.4 Å². The van der Waals surface area contributed by atoms with Gasteiger partial charge in [0.2, 0.25) is 15.9 Å². The number of carboxylic acid groups (broad SMARTS) is 1. The van der Waals surface area contributed by atoms with E-state index in [9.17, 15) is 32.3 Å². The number of halogens is 1. The van der Waals surface area contributed by atoms with Gasteiger partial charge in [-0.25, -0.2) is 12.8 Å². The number of sulfonamides is 1. The van der Waals surface area contributed by atoms with Crippen molar-refractivity contribution in [2.75, 3.05) is 13.1 Å². The molecule has 2 amide bonds. The topological polar surface area (TPSA) is 192 Å². The number of carboxylic acids is 1. The molecular formula is C20H22FN5O6S. The number of carbonyl (C=O) groups is 3. The molecule has 0 bridgehead atoms. The normalized spacial score (nSPS) is 11.9. The summed E-state index contributed by atoms with van der Waals surface area (Å²) in [7, 11) is -4.49. The third-order valence-corrected chi connectivity index (χ3v) is 5.83. The van der Waals surface area contributed by atoms with E-state index >= 15 is 0 Å². The lowest BCUT2D eigenvalue weighted by Gasteiger charge is -2.16. The van der Waals surface area contributed by atoms with E-state index in [2.05, 4.69) is 10.6 Å². The summed E-state index contributed by atoms with van der Waals surface area (Å²) in [5.41, 5.74) is 6.07. The summed E-state index contributed by atoms with van der Waals surface area (Å²) in [5.74, 6) is -3.88. The molecule has 0 radical (unpaired) electrons. The van der Waals surface area contributed by atoms with Crippen LogP contribution in [0.2, 0.25) is 0 Å². The molecule has 0 aliphatic carbocycles. The molecule has 2 aromatic carbocycles. The fourth-order valence-corrected chi connectivity index (χ4v) is 3.86. The molecule has 2 rings (SSSR count). The highest BCUT2D eigenvalue weighted by Gasteiger charge is 2.27. The number of carbonyl (C=O) groups excluding carboxylic acids is 2. The zero-order chi connectivity index (χ0) is 24.6. The van der Waals surface area contributed by atoms with Gasteiger partial charge in [0.15, 0.2) is 0 Å². The van der Waals surface area contributed by atoms with E-state index in [-0.39, 0.29) is 24.4 Å². The Kier molecular flexibility index (Phi) is 8.59. The predicted octanol–water partition coefficient (Wildman–Crippen LogP) is -0.222. The molecule has 11 nitrogen and oxygen atoms in total. The van der Waals surface area contributed by atoms with E-state index in [0.717, 1.165) is 12.1 Å². The monoisotopic (exact) mass is 479 g/mol. The number of amides is 2. The third kappa shape index (κ3) is 7.36. The Morgan fingerprint density at radius 3 is 2.21 bits per heavy atom. The van der Waals surface area contributed by atoms with Crippen LogP contribution in [0, 0.1) is 11.2 Å². The Labute approximate surface area is 188 Å². The number of nitrogens with two attached hydrogens (primary N) is 1. The van der Waals surface area contributed by atoms with Crippen LogP contribution >= 0.6 is 0 Å². The van der Waals surface area contributed by atoms with Crippen LogP contribution in [-0.4, -0.2) is 56.3 Å². The molecule has 7 N–H and O–H groups in total. The molecule has 0 saturated carbocycles. The predicted molar refractivity (Wildman–Crippen MR) is 116 cm³/mol. The zero-order valence-electron chi connectivity index (χ0n) is 17.2. The molecule has 2 aromatic rings. The Bertz CT molecular complexity index is 1150. The number of benzene rings is 2. The van der Waals surface area contributed by atoms with E-state index < -0.39 is 51.1 Å². The van der Waals surface area contributed by atoms with Crippen LogP contribution in [-0.2, 0) is 19.6 Å². The summed E-state index contributed by atoms with van der Waals surface area (Å²) < 4.78 is 40.1. The minimum atomic E-state index is -4.49. The fraction of sp³-hybridized carbons (Fsp3) is 0.200. The zero-order valence-corrected chi connectivity index (χ0v) is 18.0. The Morgan fingerprint density at radius 2 is 1.64 bits per heavy atom. The van der Waals surface area contributed by atoms with Gasteiger partial charge in [-0.1, -0.05) is 24.3 Å². The lowest BCUT2D eigenvalue weighted by atomic mass is 10.1. The van der Waals surface area contributed by atoms with Crippen LogP contribution in [0.5, 0.6) is 0 Å². The molecule has 176 valence electrons. The summed E-state index contributed by atoms with van der Waals surface area (Å²) in [5, 5.41) is 21.3. The van der Waals surface area contributed by atoms with Gasteiger partial charge in [-0.2, -0.15) is 4.72 Å². The molecule has 1 unspecified atom stereocenters. The van der Waals surface area contributed by atoms with E-state index in [1.165, 1.54) is 36.4 Å². The lowest BCUT2D eigenvalue weighted by Crippen LogP contribution is -2.48. The average Bonchev–Trinajstić information content (AvgIpc) is 2.76.